The average Bonchev–Trinajstić information content (AvgIpc) is 2.99. The van der Waals surface area contributed by atoms with E-state index in [0.717, 1.165) is 18.4 Å². The minimum absolute atomic E-state index is 0.139. The van der Waals surface area contributed by atoms with E-state index in [1.807, 2.05) is 13.0 Å². The van der Waals surface area contributed by atoms with Crippen molar-refractivity contribution in [2.24, 2.45) is 5.92 Å². The fraction of sp³-hybridized carbons (Fsp3) is 0.500. The normalized spacial score (nSPS) is 13.2. The second-order valence-electron chi connectivity index (χ2n) is 5.32. The molecule has 1 atom stereocenters. The molecule has 0 aliphatic rings. The van der Waals surface area contributed by atoms with E-state index in [4.69, 9.17) is 0 Å². The maximum atomic E-state index is 12.1. The third-order valence-corrected chi connectivity index (χ3v) is 4.86. The summed E-state index contributed by atoms with van der Waals surface area (Å²) in [7, 11) is -3.31. The van der Waals surface area contributed by atoms with Crippen LogP contribution in [0.4, 0.5) is 0 Å². The molecule has 120 valence electrons. The summed E-state index contributed by atoms with van der Waals surface area (Å²) in [6.07, 6.45) is 6.46. The predicted molar refractivity (Wildman–Crippen MR) is 83.9 cm³/mol. The second kappa shape index (κ2) is 7.46. The molecule has 0 saturated heterocycles. The maximum absolute atomic E-state index is 12.1. The number of nitrogens with one attached hydrogen (secondary N) is 1. The Balaban J connectivity index is 2.06. The van der Waals surface area contributed by atoms with Crippen LogP contribution in [-0.2, 0) is 16.6 Å². The minimum atomic E-state index is -3.31. The Bertz CT molecular complexity index is 685. The van der Waals surface area contributed by atoms with Gasteiger partial charge in [0, 0.05) is 18.3 Å². The van der Waals surface area contributed by atoms with Gasteiger partial charge < -0.3 is 0 Å². The first-order valence-electron chi connectivity index (χ1n) is 7.28. The molecule has 2 aromatic heterocycles. The van der Waals surface area contributed by atoms with E-state index in [0.29, 0.717) is 5.82 Å². The Hall–Kier alpha value is -1.80. The Morgan fingerprint density at radius 1 is 1.41 bits per heavy atom. The molecule has 2 rings (SSSR count). The topological polar surface area (TPSA) is 89.8 Å². The van der Waals surface area contributed by atoms with E-state index in [1.54, 1.807) is 12.3 Å². The third-order valence-electron chi connectivity index (χ3n) is 3.27. The maximum Gasteiger partial charge on any atom is 0.212 e. The van der Waals surface area contributed by atoms with Crippen molar-refractivity contribution in [3.05, 3.63) is 36.5 Å². The molecule has 0 bridgehead atoms. The number of rotatable bonds is 8. The molecule has 0 aliphatic carbocycles. The van der Waals surface area contributed by atoms with Crippen LogP contribution in [0.1, 0.15) is 32.3 Å². The zero-order valence-corrected chi connectivity index (χ0v) is 13.6. The quantitative estimate of drug-likeness (QED) is 0.795. The molecule has 2 aromatic rings. The molecular weight excluding hydrogens is 302 g/mol. The summed E-state index contributed by atoms with van der Waals surface area (Å²) >= 11 is 0. The molecule has 0 aliphatic heterocycles. The number of pyridine rings is 1. The van der Waals surface area contributed by atoms with Crippen LogP contribution >= 0.6 is 0 Å². The van der Waals surface area contributed by atoms with Gasteiger partial charge in [-0.25, -0.2) is 27.8 Å². The van der Waals surface area contributed by atoms with E-state index < -0.39 is 10.0 Å². The molecule has 1 N–H and O–H groups in total. The lowest BCUT2D eigenvalue weighted by Gasteiger charge is -2.13. The molecular formula is C14H21N5O2S. The lowest BCUT2D eigenvalue weighted by Crippen LogP contribution is -2.29. The smallest absolute Gasteiger partial charge is 0.212 e. The highest BCUT2D eigenvalue weighted by Gasteiger charge is 2.16. The first kappa shape index (κ1) is 16.6. The fourth-order valence-electron chi connectivity index (χ4n) is 2.29. The van der Waals surface area contributed by atoms with Crippen molar-refractivity contribution in [3.63, 3.8) is 0 Å². The van der Waals surface area contributed by atoms with Crippen molar-refractivity contribution in [3.8, 4) is 5.82 Å². The van der Waals surface area contributed by atoms with E-state index in [1.165, 1.54) is 17.3 Å². The molecule has 22 heavy (non-hydrogen) atoms. The van der Waals surface area contributed by atoms with Crippen molar-refractivity contribution < 1.29 is 8.42 Å². The Morgan fingerprint density at radius 3 is 2.91 bits per heavy atom. The molecule has 0 radical (unpaired) electrons. The lowest BCUT2D eigenvalue weighted by atomic mass is 10.1. The standard InChI is InChI=1S/C14H21N5O2S/c1-3-5-12(2)9-22(20,21)18-8-13-6-4-7-16-14(13)19-11-15-10-17-19/h4,6-7,10-12,18H,3,5,8-9H2,1-2H3. The SMILES string of the molecule is CCCC(C)CS(=O)(=O)NCc1cccnc1-n1cncn1. The predicted octanol–water partition coefficient (Wildman–Crippen LogP) is 1.52. The van der Waals surface area contributed by atoms with Gasteiger partial charge in [0.2, 0.25) is 10.0 Å². The molecule has 0 aromatic carbocycles. The summed E-state index contributed by atoms with van der Waals surface area (Å²) < 4.78 is 28.4. The van der Waals surface area contributed by atoms with Crippen molar-refractivity contribution >= 4 is 10.0 Å². The van der Waals surface area contributed by atoms with Gasteiger partial charge in [0.25, 0.3) is 0 Å². The van der Waals surface area contributed by atoms with Gasteiger partial charge >= 0.3 is 0 Å². The summed E-state index contributed by atoms with van der Waals surface area (Å²) in [5.74, 6) is 0.857. The summed E-state index contributed by atoms with van der Waals surface area (Å²) in [5, 5.41) is 4.03. The van der Waals surface area contributed by atoms with Crippen molar-refractivity contribution in [2.45, 2.75) is 33.2 Å². The number of nitrogens with zero attached hydrogens (tertiary/aromatic N) is 4. The zero-order chi connectivity index (χ0) is 16.0. The first-order chi connectivity index (χ1) is 10.5. The Morgan fingerprint density at radius 2 is 2.23 bits per heavy atom. The molecule has 0 amide bonds. The third kappa shape index (κ3) is 4.60. The highest BCUT2D eigenvalue weighted by atomic mass is 32.2. The molecule has 0 spiro atoms. The summed E-state index contributed by atoms with van der Waals surface area (Å²) in [6.45, 7) is 4.19. The number of sulfonamides is 1. The number of hydrogen-bond acceptors (Lipinski definition) is 5. The molecule has 0 fully saturated rings. The van der Waals surface area contributed by atoms with E-state index in [-0.39, 0.29) is 18.2 Å². The minimum Gasteiger partial charge on any atom is -0.237 e. The van der Waals surface area contributed by atoms with Gasteiger partial charge in [-0.05, 0) is 18.4 Å². The van der Waals surface area contributed by atoms with Crippen LogP contribution < -0.4 is 4.72 Å². The number of hydrogen-bond donors (Lipinski definition) is 1. The van der Waals surface area contributed by atoms with Gasteiger partial charge in [-0.2, -0.15) is 5.10 Å². The molecule has 2 heterocycles. The average molecular weight is 323 g/mol. The van der Waals surface area contributed by atoms with Gasteiger partial charge in [0.1, 0.15) is 12.7 Å². The highest BCUT2D eigenvalue weighted by molar-refractivity contribution is 7.89. The summed E-state index contributed by atoms with van der Waals surface area (Å²) in [5.41, 5.74) is 0.750. The largest absolute Gasteiger partial charge is 0.237 e. The molecule has 8 heteroatoms. The van der Waals surface area contributed by atoms with Crippen LogP contribution in [-0.4, -0.2) is 33.9 Å². The highest BCUT2D eigenvalue weighted by Crippen LogP contribution is 2.11. The van der Waals surface area contributed by atoms with Gasteiger partial charge in [-0.1, -0.05) is 26.3 Å². The van der Waals surface area contributed by atoms with Gasteiger partial charge in [-0.3, -0.25) is 0 Å². The van der Waals surface area contributed by atoms with Crippen LogP contribution in [0, 0.1) is 5.92 Å². The van der Waals surface area contributed by atoms with E-state index >= 15 is 0 Å². The van der Waals surface area contributed by atoms with Crippen LogP contribution in [0.3, 0.4) is 0 Å². The van der Waals surface area contributed by atoms with Crippen molar-refractivity contribution in [1.29, 1.82) is 0 Å². The van der Waals surface area contributed by atoms with Crippen molar-refractivity contribution in [1.82, 2.24) is 24.5 Å². The van der Waals surface area contributed by atoms with Crippen LogP contribution in [0.15, 0.2) is 31.0 Å². The van der Waals surface area contributed by atoms with Gasteiger partial charge in [0.05, 0.1) is 5.75 Å². The number of aromatic nitrogens is 4. The summed E-state index contributed by atoms with van der Waals surface area (Å²) in [4.78, 5) is 8.12. The van der Waals surface area contributed by atoms with Gasteiger partial charge in [-0.15, -0.1) is 0 Å². The zero-order valence-electron chi connectivity index (χ0n) is 12.8. The fourth-order valence-corrected chi connectivity index (χ4v) is 3.70. The molecule has 7 nitrogen and oxygen atoms in total. The lowest BCUT2D eigenvalue weighted by molar-refractivity contribution is 0.536. The van der Waals surface area contributed by atoms with Crippen molar-refractivity contribution in [2.75, 3.05) is 5.75 Å². The van der Waals surface area contributed by atoms with Gasteiger partial charge in [0.15, 0.2) is 5.82 Å². The molecule has 0 saturated carbocycles. The van der Waals surface area contributed by atoms with Crippen LogP contribution in [0.25, 0.3) is 5.82 Å². The van der Waals surface area contributed by atoms with Crippen LogP contribution in [0.2, 0.25) is 0 Å². The van der Waals surface area contributed by atoms with E-state index in [2.05, 4.69) is 26.7 Å². The second-order valence-corrected chi connectivity index (χ2v) is 7.17. The Kier molecular flexibility index (Phi) is 5.62. The molecule has 1 unspecified atom stereocenters. The first-order valence-corrected chi connectivity index (χ1v) is 8.93. The van der Waals surface area contributed by atoms with E-state index in [9.17, 15) is 8.42 Å². The van der Waals surface area contributed by atoms with Crippen LogP contribution in [0.5, 0.6) is 0 Å². The monoisotopic (exact) mass is 323 g/mol. The summed E-state index contributed by atoms with van der Waals surface area (Å²) in [6, 6.07) is 3.59. The Labute approximate surface area is 130 Å².